The van der Waals surface area contributed by atoms with Gasteiger partial charge in [-0.05, 0) is 49.6 Å². The number of hydrogen-bond donors (Lipinski definition) is 2. The summed E-state index contributed by atoms with van der Waals surface area (Å²) in [5, 5.41) is 12.5. The summed E-state index contributed by atoms with van der Waals surface area (Å²) in [4.78, 5) is 11.9. The molecule has 0 saturated heterocycles. The second kappa shape index (κ2) is 9.59. The minimum Gasteiger partial charge on any atom is -0.491 e. The molecule has 0 spiro atoms. The molecule has 4 nitrogen and oxygen atoms in total. The van der Waals surface area contributed by atoms with Gasteiger partial charge in [0.05, 0.1) is 5.56 Å². The number of hydrogen-bond acceptors (Lipinski definition) is 3. The van der Waals surface area contributed by atoms with E-state index in [9.17, 15) is 23.1 Å². The van der Waals surface area contributed by atoms with Gasteiger partial charge < -0.3 is 15.2 Å². The highest BCUT2D eigenvalue weighted by atomic mass is 19.4. The maximum atomic E-state index is 12.7. The molecule has 2 aromatic rings. The molecule has 1 unspecified atom stereocenters. The van der Waals surface area contributed by atoms with Gasteiger partial charge in [0, 0.05) is 13.0 Å². The van der Waals surface area contributed by atoms with Crippen molar-refractivity contribution in [1.82, 2.24) is 5.32 Å². The Morgan fingerprint density at radius 3 is 2.61 bits per heavy atom. The number of nitrogens with one attached hydrogen (secondary N) is 1. The first-order chi connectivity index (χ1) is 13.1. The zero-order chi connectivity index (χ0) is 20.7. The van der Waals surface area contributed by atoms with Gasteiger partial charge in [-0.3, -0.25) is 4.79 Å². The highest BCUT2D eigenvalue weighted by molar-refractivity contribution is 5.76. The van der Waals surface area contributed by atoms with Crippen LogP contribution in [0.2, 0.25) is 0 Å². The number of rotatable bonds is 8. The van der Waals surface area contributed by atoms with Crippen LogP contribution < -0.4 is 10.1 Å². The van der Waals surface area contributed by atoms with E-state index in [0.29, 0.717) is 6.42 Å². The summed E-state index contributed by atoms with van der Waals surface area (Å²) in [5.74, 6) is -0.201. The molecule has 28 heavy (non-hydrogen) atoms. The molecule has 152 valence electrons. The van der Waals surface area contributed by atoms with Crippen LogP contribution in [0.5, 0.6) is 5.75 Å². The Morgan fingerprint density at radius 1 is 1.18 bits per heavy atom. The van der Waals surface area contributed by atoms with Gasteiger partial charge in [-0.25, -0.2) is 0 Å². The number of aliphatic hydroxyl groups excluding tert-OH is 1. The van der Waals surface area contributed by atoms with E-state index in [4.69, 9.17) is 4.74 Å². The van der Waals surface area contributed by atoms with E-state index >= 15 is 0 Å². The van der Waals surface area contributed by atoms with Crippen molar-refractivity contribution in [2.75, 3.05) is 13.2 Å². The summed E-state index contributed by atoms with van der Waals surface area (Å²) in [5.41, 5.74) is 2.56. The van der Waals surface area contributed by atoms with Crippen molar-refractivity contribution in [1.29, 1.82) is 0 Å². The van der Waals surface area contributed by atoms with Crippen LogP contribution in [0.1, 0.15) is 28.7 Å². The lowest BCUT2D eigenvalue weighted by Gasteiger charge is -2.14. The molecular formula is C21H24F3NO3. The topological polar surface area (TPSA) is 58.6 Å². The lowest BCUT2D eigenvalue weighted by Crippen LogP contribution is -2.35. The van der Waals surface area contributed by atoms with E-state index in [0.717, 1.165) is 28.8 Å². The van der Waals surface area contributed by atoms with E-state index in [1.165, 1.54) is 12.1 Å². The van der Waals surface area contributed by atoms with Crippen molar-refractivity contribution >= 4 is 5.91 Å². The predicted molar refractivity (Wildman–Crippen MR) is 100 cm³/mol. The summed E-state index contributed by atoms with van der Waals surface area (Å²) in [7, 11) is 0. The lowest BCUT2D eigenvalue weighted by atomic mass is 10.0. The summed E-state index contributed by atoms with van der Waals surface area (Å²) in [6.07, 6.45) is -4.61. The van der Waals surface area contributed by atoms with E-state index in [1.807, 2.05) is 26.0 Å². The van der Waals surface area contributed by atoms with Crippen molar-refractivity contribution in [3.05, 3.63) is 64.7 Å². The van der Waals surface area contributed by atoms with Crippen molar-refractivity contribution in [3.8, 4) is 5.75 Å². The average molecular weight is 395 g/mol. The molecule has 7 heteroatoms. The molecule has 0 aliphatic rings. The minimum atomic E-state index is -4.46. The second-order valence-corrected chi connectivity index (χ2v) is 6.72. The van der Waals surface area contributed by atoms with Crippen LogP contribution in [0, 0.1) is 13.8 Å². The summed E-state index contributed by atoms with van der Waals surface area (Å²) < 4.78 is 43.2. The zero-order valence-electron chi connectivity index (χ0n) is 15.8. The maximum absolute atomic E-state index is 12.7. The molecule has 0 aliphatic heterocycles. The molecule has 2 rings (SSSR count). The number of halogens is 3. The second-order valence-electron chi connectivity index (χ2n) is 6.72. The predicted octanol–water partition coefficient (Wildman–Crippen LogP) is 3.81. The molecule has 0 fully saturated rings. The summed E-state index contributed by atoms with van der Waals surface area (Å²) in [6, 6.07) is 10.5. The number of carbonyl (C=O) groups excluding carboxylic acids is 1. The van der Waals surface area contributed by atoms with Gasteiger partial charge in [-0.15, -0.1) is 0 Å². The van der Waals surface area contributed by atoms with Gasteiger partial charge in [0.15, 0.2) is 0 Å². The Labute approximate surface area is 162 Å². The van der Waals surface area contributed by atoms with Gasteiger partial charge >= 0.3 is 6.18 Å². The Kier molecular flexibility index (Phi) is 7.45. The van der Waals surface area contributed by atoms with E-state index in [2.05, 4.69) is 11.4 Å². The molecule has 0 bridgehead atoms. The third kappa shape index (κ3) is 6.88. The fraction of sp³-hybridized carbons (Fsp3) is 0.381. The van der Waals surface area contributed by atoms with Crippen molar-refractivity contribution in [2.24, 2.45) is 0 Å². The Morgan fingerprint density at radius 2 is 1.93 bits per heavy atom. The van der Waals surface area contributed by atoms with Crippen LogP contribution in [0.3, 0.4) is 0 Å². The number of aliphatic hydroxyl groups is 1. The first-order valence-corrected chi connectivity index (χ1v) is 8.96. The first kappa shape index (κ1) is 21.8. The standard InChI is InChI=1S/C21H24F3NO3/c1-14-6-7-16(15(2)10-14)8-9-20(27)25-12-18(26)13-28-19-5-3-4-17(11-19)21(22,23)24/h3-7,10-11,18,26H,8-9,12-13H2,1-2H3,(H,25,27). The number of ether oxygens (including phenoxy) is 1. The summed E-state index contributed by atoms with van der Waals surface area (Å²) >= 11 is 0. The van der Waals surface area contributed by atoms with Crippen molar-refractivity contribution < 1.29 is 27.8 Å². The fourth-order valence-corrected chi connectivity index (χ4v) is 2.71. The molecular weight excluding hydrogens is 371 g/mol. The van der Waals surface area contributed by atoms with E-state index in [-0.39, 0.29) is 31.2 Å². The van der Waals surface area contributed by atoms with Crippen LogP contribution in [0.4, 0.5) is 13.2 Å². The molecule has 0 radical (unpaired) electrons. The SMILES string of the molecule is Cc1ccc(CCC(=O)NCC(O)COc2cccc(C(F)(F)F)c2)c(C)c1. The van der Waals surface area contributed by atoms with Crippen LogP contribution in [-0.4, -0.2) is 30.3 Å². The quantitative estimate of drug-likeness (QED) is 0.715. The van der Waals surface area contributed by atoms with Crippen molar-refractivity contribution in [2.45, 2.75) is 39.0 Å². The third-order valence-corrected chi connectivity index (χ3v) is 4.26. The Bertz CT molecular complexity index is 806. The number of alkyl halides is 3. The van der Waals surface area contributed by atoms with E-state index < -0.39 is 17.8 Å². The Hall–Kier alpha value is -2.54. The third-order valence-electron chi connectivity index (χ3n) is 4.26. The monoisotopic (exact) mass is 395 g/mol. The van der Waals surface area contributed by atoms with Gasteiger partial charge in [0.25, 0.3) is 0 Å². The minimum absolute atomic E-state index is 0.00930. The molecule has 0 aliphatic carbocycles. The van der Waals surface area contributed by atoms with Gasteiger partial charge in [0.2, 0.25) is 5.91 Å². The number of benzene rings is 2. The molecule has 0 saturated carbocycles. The van der Waals surface area contributed by atoms with Gasteiger partial charge in [0.1, 0.15) is 18.5 Å². The van der Waals surface area contributed by atoms with Crippen LogP contribution in [0.25, 0.3) is 0 Å². The normalized spacial score (nSPS) is 12.5. The summed E-state index contributed by atoms with van der Waals surface area (Å²) in [6.45, 7) is 3.74. The maximum Gasteiger partial charge on any atom is 0.416 e. The number of amides is 1. The number of aryl methyl sites for hydroxylation is 3. The molecule has 2 aromatic carbocycles. The smallest absolute Gasteiger partial charge is 0.416 e. The fourth-order valence-electron chi connectivity index (χ4n) is 2.71. The van der Waals surface area contributed by atoms with Crippen LogP contribution in [-0.2, 0) is 17.4 Å². The van der Waals surface area contributed by atoms with Crippen molar-refractivity contribution in [3.63, 3.8) is 0 Å². The van der Waals surface area contributed by atoms with Gasteiger partial charge in [-0.1, -0.05) is 29.8 Å². The largest absolute Gasteiger partial charge is 0.491 e. The van der Waals surface area contributed by atoms with E-state index in [1.54, 1.807) is 0 Å². The molecule has 1 atom stereocenters. The molecule has 1 amide bonds. The van der Waals surface area contributed by atoms with Gasteiger partial charge in [-0.2, -0.15) is 13.2 Å². The zero-order valence-corrected chi connectivity index (χ0v) is 15.8. The molecule has 2 N–H and O–H groups in total. The average Bonchev–Trinajstić information content (AvgIpc) is 2.63. The van der Waals surface area contributed by atoms with Crippen LogP contribution >= 0.6 is 0 Å². The molecule has 0 aromatic heterocycles. The first-order valence-electron chi connectivity index (χ1n) is 8.96. The highest BCUT2D eigenvalue weighted by Crippen LogP contribution is 2.31. The highest BCUT2D eigenvalue weighted by Gasteiger charge is 2.30. The number of carbonyl (C=O) groups is 1. The van der Waals surface area contributed by atoms with Crippen LogP contribution in [0.15, 0.2) is 42.5 Å². The Balaban J connectivity index is 1.73. The lowest BCUT2D eigenvalue weighted by molar-refractivity contribution is -0.137. The molecule has 0 heterocycles.